The molecule has 1 fully saturated rings. The largest absolute Gasteiger partial charge is 0.351 e. The molecule has 2 aromatic carbocycles. The zero-order chi connectivity index (χ0) is 24.2. The van der Waals surface area contributed by atoms with Gasteiger partial charge in [-0.05, 0) is 52.8 Å². The Labute approximate surface area is 214 Å². The zero-order valence-corrected chi connectivity index (χ0v) is 21.3. The van der Waals surface area contributed by atoms with Gasteiger partial charge in [0.25, 0.3) is 5.91 Å². The third-order valence-electron chi connectivity index (χ3n) is 6.56. The molecule has 1 amide bonds. The first kappa shape index (κ1) is 23.6. The predicted octanol–water partition coefficient (Wildman–Crippen LogP) is 4.78. The van der Waals surface area contributed by atoms with Crippen molar-refractivity contribution >= 4 is 32.7 Å². The molecule has 1 N–H and O–H groups in total. The van der Waals surface area contributed by atoms with Gasteiger partial charge in [0.1, 0.15) is 0 Å². The fourth-order valence-electron chi connectivity index (χ4n) is 4.69. The molecular formula is C28H28BrN5O. The van der Waals surface area contributed by atoms with Gasteiger partial charge in [0, 0.05) is 66.6 Å². The lowest BCUT2D eigenvalue weighted by Crippen LogP contribution is -2.49. The molecule has 4 aromatic rings. The normalized spacial score (nSPS) is 16.9. The Bertz CT molecular complexity index is 1320. The lowest BCUT2D eigenvalue weighted by atomic mass is 10.0. The second-order valence-electron chi connectivity index (χ2n) is 8.91. The lowest BCUT2D eigenvalue weighted by molar-refractivity contribution is 0.0844. The first-order valence-electron chi connectivity index (χ1n) is 11.9. The summed E-state index contributed by atoms with van der Waals surface area (Å²) in [5.74, 6) is -0.0916. The number of likely N-dealkylation sites (N-methyl/N-ethyl adjacent to an activating group) is 1. The van der Waals surface area contributed by atoms with Gasteiger partial charge in [-0.15, -0.1) is 0 Å². The molecule has 2 aromatic heterocycles. The van der Waals surface area contributed by atoms with E-state index in [1.54, 1.807) is 12.4 Å². The van der Waals surface area contributed by atoms with Crippen molar-refractivity contribution in [3.63, 3.8) is 0 Å². The van der Waals surface area contributed by atoms with Crippen LogP contribution in [0.1, 0.15) is 22.0 Å². The van der Waals surface area contributed by atoms with Crippen LogP contribution >= 0.6 is 15.9 Å². The zero-order valence-electron chi connectivity index (χ0n) is 19.7. The van der Waals surface area contributed by atoms with E-state index in [1.165, 1.54) is 5.56 Å². The highest BCUT2D eigenvalue weighted by Gasteiger charge is 2.26. The van der Waals surface area contributed by atoms with Crippen molar-refractivity contribution in [1.82, 2.24) is 25.1 Å². The molecule has 7 heteroatoms. The van der Waals surface area contributed by atoms with Crippen LogP contribution in [0.5, 0.6) is 0 Å². The molecule has 0 radical (unpaired) electrons. The Morgan fingerprint density at radius 2 is 1.94 bits per heavy atom. The number of benzene rings is 2. The van der Waals surface area contributed by atoms with E-state index in [9.17, 15) is 4.79 Å². The third-order valence-corrected chi connectivity index (χ3v) is 7.20. The van der Waals surface area contributed by atoms with Crippen LogP contribution in [0.3, 0.4) is 0 Å². The van der Waals surface area contributed by atoms with Crippen molar-refractivity contribution in [2.45, 2.75) is 6.04 Å². The maximum absolute atomic E-state index is 13.4. The van der Waals surface area contributed by atoms with Crippen molar-refractivity contribution in [3.05, 3.63) is 94.7 Å². The maximum Gasteiger partial charge on any atom is 0.252 e. The molecule has 1 aliphatic rings. The number of piperazine rings is 1. The van der Waals surface area contributed by atoms with Gasteiger partial charge in [0.05, 0.1) is 16.8 Å². The van der Waals surface area contributed by atoms with Crippen LogP contribution in [0, 0.1) is 0 Å². The van der Waals surface area contributed by atoms with Crippen LogP contribution in [-0.4, -0.2) is 65.4 Å². The Morgan fingerprint density at radius 3 is 2.74 bits per heavy atom. The van der Waals surface area contributed by atoms with E-state index in [1.807, 2.05) is 36.4 Å². The first-order valence-corrected chi connectivity index (χ1v) is 12.6. The highest BCUT2D eigenvalue weighted by Crippen LogP contribution is 2.29. The number of carbonyl (C=O) groups excluding carboxylic acids is 1. The average molecular weight is 530 g/mol. The van der Waals surface area contributed by atoms with Crippen LogP contribution < -0.4 is 5.32 Å². The van der Waals surface area contributed by atoms with Gasteiger partial charge >= 0.3 is 0 Å². The summed E-state index contributed by atoms with van der Waals surface area (Å²) in [5, 5.41) is 3.99. The topological polar surface area (TPSA) is 61.4 Å². The average Bonchev–Trinajstić information content (AvgIpc) is 2.90. The number of fused-ring (bicyclic) bond motifs is 1. The van der Waals surface area contributed by atoms with Crippen molar-refractivity contribution in [2.24, 2.45) is 0 Å². The Balaban J connectivity index is 1.36. The Hall–Kier alpha value is -3.13. The molecule has 1 aliphatic heterocycles. The summed E-state index contributed by atoms with van der Waals surface area (Å²) in [5.41, 5.74) is 4.31. The molecular weight excluding hydrogens is 502 g/mol. The standard InChI is InChI=1S/C28H28BrN5O/c1-33-15-16-34(26(19-33)20-7-3-2-4-8-20)14-13-31-28(35)23-17-25(21-9-6-12-30-18-21)32-27-22(23)10-5-11-24(27)29/h2-12,17-18,26H,13-16,19H2,1H3,(H,31,35). The van der Waals surface area contributed by atoms with E-state index in [0.29, 0.717) is 18.2 Å². The van der Waals surface area contributed by atoms with Crippen LogP contribution in [-0.2, 0) is 0 Å². The number of aromatic nitrogens is 2. The second-order valence-corrected chi connectivity index (χ2v) is 9.77. The molecule has 3 heterocycles. The number of rotatable bonds is 6. The molecule has 1 atom stereocenters. The predicted molar refractivity (Wildman–Crippen MR) is 143 cm³/mol. The fourth-order valence-corrected chi connectivity index (χ4v) is 5.14. The number of hydrogen-bond donors (Lipinski definition) is 1. The summed E-state index contributed by atoms with van der Waals surface area (Å²) < 4.78 is 0.859. The highest BCUT2D eigenvalue weighted by molar-refractivity contribution is 9.10. The van der Waals surface area contributed by atoms with Gasteiger partial charge in [0.2, 0.25) is 0 Å². The lowest BCUT2D eigenvalue weighted by Gasteiger charge is -2.40. The number of para-hydroxylation sites is 1. The highest BCUT2D eigenvalue weighted by atomic mass is 79.9. The van der Waals surface area contributed by atoms with Crippen molar-refractivity contribution in [2.75, 3.05) is 39.8 Å². The molecule has 0 bridgehead atoms. The quantitative estimate of drug-likeness (QED) is 0.389. The minimum absolute atomic E-state index is 0.0916. The fraction of sp³-hybridized carbons (Fsp3) is 0.250. The van der Waals surface area contributed by atoms with Gasteiger partial charge in [-0.3, -0.25) is 14.7 Å². The third kappa shape index (κ3) is 5.27. The summed E-state index contributed by atoms with van der Waals surface area (Å²) in [4.78, 5) is 27.3. The number of amides is 1. The molecule has 0 saturated carbocycles. The van der Waals surface area contributed by atoms with E-state index in [0.717, 1.165) is 52.8 Å². The number of nitrogens with one attached hydrogen (secondary N) is 1. The van der Waals surface area contributed by atoms with Gasteiger partial charge < -0.3 is 10.2 Å². The van der Waals surface area contributed by atoms with E-state index in [-0.39, 0.29) is 5.91 Å². The summed E-state index contributed by atoms with van der Waals surface area (Å²) >= 11 is 3.60. The van der Waals surface area contributed by atoms with E-state index < -0.39 is 0 Å². The second kappa shape index (κ2) is 10.6. The van der Waals surface area contributed by atoms with Gasteiger partial charge in [0.15, 0.2) is 0 Å². The molecule has 0 spiro atoms. The van der Waals surface area contributed by atoms with E-state index in [4.69, 9.17) is 4.98 Å². The maximum atomic E-state index is 13.4. The molecule has 6 nitrogen and oxygen atoms in total. The SMILES string of the molecule is CN1CCN(CCNC(=O)c2cc(-c3cccnc3)nc3c(Br)cccc23)C(c2ccccc2)C1. The molecule has 1 unspecified atom stereocenters. The van der Waals surface area contributed by atoms with E-state index >= 15 is 0 Å². The van der Waals surface area contributed by atoms with Gasteiger partial charge in [-0.2, -0.15) is 0 Å². The number of hydrogen-bond acceptors (Lipinski definition) is 5. The minimum atomic E-state index is -0.0916. The summed E-state index contributed by atoms with van der Waals surface area (Å²) in [6.07, 6.45) is 3.50. The van der Waals surface area contributed by atoms with Crippen LogP contribution in [0.2, 0.25) is 0 Å². The number of pyridine rings is 2. The summed E-state index contributed by atoms with van der Waals surface area (Å²) in [6, 6.07) is 22.5. The number of halogens is 1. The Kier molecular flexibility index (Phi) is 7.18. The van der Waals surface area contributed by atoms with Crippen molar-refractivity contribution in [3.8, 4) is 11.3 Å². The van der Waals surface area contributed by atoms with Crippen molar-refractivity contribution < 1.29 is 4.79 Å². The van der Waals surface area contributed by atoms with Crippen LogP contribution in [0.4, 0.5) is 0 Å². The summed E-state index contributed by atoms with van der Waals surface area (Å²) in [6.45, 7) is 4.35. The van der Waals surface area contributed by atoms with Gasteiger partial charge in [-0.1, -0.05) is 42.5 Å². The molecule has 178 valence electrons. The van der Waals surface area contributed by atoms with E-state index in [2.05, 4.69) is 73.4 Å². The Morgan fingerprint density at radius 1 is 1.09 bits per heavy atom. The van der Waals surface area contributed by atoms with Crippen LogP contribution in [0.15, 0.2) is 83.6 Å². The monoisotopic (exact) mass is 529 g/mol. The molecule has 0 aliphatic carbocycles. The number of nitrogens with zero attached hydrogens (tertiary/aromatic N) is 4. The van der Waals surface area contributed by atoms with Gasteiger partial charge in [-0.25, -0.2) is 4.98 Å². The smallest absolute Gasteiger partial charge is 0.252 e. The minimum Gasteiger partial charge on any atom is -0.351 e. The molecule has 1 saturated heterocycles. The summed E-state index contributed by atoms with van der Waals surface area (Å²) in [7, 11) is 2.17. The number of carbonyl (C=O) groups is 1. The molecule has 5 rings (SSSR count). The first-order chi connectivity index (χ1) is 17.1. The van der Waals surface area contributed by atoms with Crippen LogP contribution in [0.25, 0.3) is 22.2 Å². The van der Waals surface area contributed by atoms with Crippen molar-refractivity contribution in [1.29, 1.82) is 0 Å². The molecule has 35 heavy (non-hydrogen) atoms.